The van der Waals surface area contributed by atoms with Crippen molar-refractivity contribution in [3.63, 3.8) is 0 Å². The van der Waals surface area contributed by atoms with Crippen molar-refractivity contribution in [3.05, 3.63) is 59.2 Å². The monoisotopic (exact) mass is 528 g/mol. The molecular formula is C24H24N4O6S2. The first-order valence-electron chi connectivity index (χ1n) is 10.9. The van der Waals surface area contributed by atoms with Gasteiger partial charge < -0.3 is 14.2 Å². The number of nitrogens with zero attached hydrogens (tertiary/aromatic N) is 3. The SMILES string of the molecule is CCOc1cc(/C=C2\C(=N)N3N=C(S(C)(=O)=O)SC3=NC2=O)ccc1OCCOc1ccc(C)cc1. The van der Waals surface area contributed by atoms with Gasteiger partial charge in [0.1, 0.15) is 19.0 Å². The summed E-state index contributed by atoms with van der Waals surface area (Å²) in [6.07, 6.45) is 2.49. The number of hydrogen-bond donors (Lipinski definition) is 1. The number of nitrogens with one attached hydrogen (secondary N) is 1. The third kappa shape index (κ3) is 5.77. The second-order valence-electron chi connectivity index (χ2n) is 7.81. The number of carbonyl (C=O) groups is 1. The van der Waals surface area contributed by atoms with Gasteiger partial charge in [-0.05, 0) is 61.5 Å². The van der Waals surface area contributed by atoms with Crippen molar-refractivity contribution in [2.75, 3.05) is 26.1 Å². The molecule has 36 heavy (non-hydrogen) atoms. The smallest absolute Gasteiger partial charge is 0.283 e. The Balaban J connectivity index is 1.48. The maximum atomic E-state index is 12.6. The zero-order valence-corrected chi connectivity index (χ0v) is 21.5. The summed E-state index contributed by atoms with van der Waals surface area (Å²) >= 11 is 0.739. The molecular weight excluding hydrogens is 504 g/mol. The molecule has 0 saturated carbocycles. The van der Waals surface area contributed by atoms with Crippen molar-refractivity contribution in [1.82, 2.24) is 5.01 Å². The molecule has 4 rings (SSSR count). The number of benzene rings is 2. The van der Waals surface area contributed by atoms with Gasteiger partial charge in [0.25, 0.3) is 5.91 Å². The van der Waals surface area contributed by atoms with Gasteiger partial charge in [0, 0.05) is 6.26 Å². The van der Waals surface area contributed by atoms with Gasteiger partial charge in [0.15, 0.2) is 17.3 Å². The number of amidine groups is 2. The highest BCUT2D eigenvalue weighted by atomic mass is 32.3. The average Bonchev–Trinajstić information content (AvgIpc) is 3.27. The highest BCUT2D eigenvalue weighted by molar-refractivity contribution is 8.42. The van der Waals surface area contributed by atoms with Crippen LogP contribution in [0.1, 0.15) is 18.1 Å². The third-order valence-corrected chi connectivity index (χ3v) is 7.54. The molecule has 0 aromatic heterocycles. The van der Waals surface area contributed by atoms with Gasteiger partial charge in [0.2, 0.25) is 19.4 Å². The fourth-order valence-corrected chi connectivity index (χ4v) is 4.92. The van der Waals surface area contributed by atoms with Crippen LogP contribution in [0.4, 0.5) is 0 Å². The zero-order valence-electron chi connectivity index (χ0n) is 19.8. The molecule has 1 amide bonds. The number of aliphatic imine (C=N–C) groups is 1. The highest BCUT2D eigenvalue weighted by Crippen LogP contribution is 2.32. The largest absolute Gasteiger partial charge is 0.490 e. The lowest BCUT2D eigenvalue weighted by molar-refractivity contribution is -0.114. The van der Waals surface area contributed by atoms with E-state index in [2.05, 4.69) is 10.1 Å². The first-order chi connectivity index (χ1) is 17.2. The summed E-state index contributed by atoms with van der Waals surface area (Å²) in [7, 11) is -3.60. The Hall–Kier alpha value is -3.64. The summed E-state index contributed by atoms with van der Waals surface area (Å²) in [5, 5.41) is 13.4. The van der Waals surface area contributed by atoms with Crippen LogP contribution in [0.25, 0.3) is 6.08 Å². The van der Waals surface area contributed by atoms with Crippen LogP contribution in [0.3, 0.4) is 0 Å². The molecule has 2 aromatic carbocycles. The molecule has 0 fully saturated rings. The van der Waals surface area contributed by atoms with Crippen LogP contribution < -0.4 is 14.2 Å². The molecule has 0 bridgehead atoms. The number of fused-ring (bicyclic) bond motifs is 1. The summed E-state index contributed by atoms with van der Waals surface area (Å²) in [6, 6.07) is 12.9. The Morgan fingerprint density at radius 3 is 2.47 bits per heavy atom. The number of carbonyl (C=O) groups excluding carboxylic acids is 1. The fourth-order valence-electron chi connectivity index (χ4n) is 3.24. The summed E-state index contributed by atoms with van der Waals surface area (Å²) in [4.78, 5) is 16.5. The lowest BCUT2D eigenvalue weighted by Crippen LogP contribution is -2.35. The van der Waals surface area contributed by atoms with Gasteiger partial charge in [0.05, 0.1) is 12.2 Å². The van der Waals surface area contributed by atoms with E-state index >= 15 is 0 Å². The molecule has 1 N–H and O–H groups in total. The molecule has 12 heteroatoms. The number of hydrazone groups is 1. The summed E-state index contributed by atoms with van der Waals surface area (Å²) in [5.74, 6) is 0.814. The van der Waals surface area contributed by atoms with E-state index < -0.39 is 15.7 Å². The quantitative estimate of drug-likeness (QED) is 0.407. The van der Waals surface area contributed by atoms with Gasteiger partial charge in [-0.3, -0.25) is 10.2 Å². The summed E-state index contributed by atoms with van der Waals surface area (Å²) in [5.41, 5.74) is 1.70. The van der Waals surface area contributed by atoms with Crippen LogP contribution in [0, 0.1) is 12.3 Å². The normalized spacial score (nSPS) is 16.5. The molecule has 0 atom stereocenters. The molecule has 0 radical (unpaired) electrons. The van der Waals surface area contributed by atoms with E-state index in [0.29, 0.717) is 36.9 Å². The number of hydrogen-bond acceptors (Lipinski definition) is 9. The minimum absolute atomic E-state index is 0.0273. The predicted molar refractivity (Wildman–Crippen MR) is 140 cm³/mol. The molecule has 2 aliphatic heterocycles. The molecule has 0 saturated heterocycles. The number of aryl methyl sites for hydroxylation is 1. The average molecular weight is 529 g/mol. The Labute approximate surface area is 213 Å². The lowest BCUT2D eigenvalue weighted by Gasteiger charge is -2.20. The number of thioether (sulfide) groups is 1. The summed E-state index contributed by atoms with van der Waals surface area (Å²) < 4.78 is 40.6. The first kappa shape index (κ1) is 25.5. The molecule has 2 aliphatic rings. The van der Waals surface area contributed by atoms with Crippen LogP contribution in [0.15, 0.2) is 58.1 Å². The van der Waals surface area contributed by atoms with Crippen molar-refractivity contribution < 1.29 is 27.4 Å². The Morgan fingerprint density at radius 2 is 1.78 bits per heavy atom. The van der Waals surface area contributed by atoms with E-state index in [9.17, 15) is 13.2 Å². The zero-order chi connectivity index (χ0) is 25.9. The standard InChI is InChI=1S/C24H24N4O6S2/c1-4-32-20-14-16(7-10-19(20)34-12-11-33-17-8-5-15(2)6-9-17)13-18-21(25)28-23(26-22(18)29)35-24(27-28)36(3,30)31/h5-10,13-14,25H,4,11-12H2,1-3H3/b18-13+,25-21?. The number of ether oxygens (including phenoxy) is 3. The maximum absolute atomic E-state index is 12.6. The van der Waals surface area contributed by atoms with E-state index in [-0.39, 0.29) is 21.0 Å². The maximum Gasteiger partial charge on any atom is 0.283 e. The van der Waals surface area contributed by atoms with Gasteiger partial charge >= 0.3 is 0 Å². The second kappa shape index (κ2) is 10.5. The van der Waals surface area contributed by atoms with Crippen LogP contribution in [0.2, 0.25) is 0 Å². The van der Waals surface area contributed by atoms with Gasteiger partial charge in [-0.2, -0.15) is 10.0 Å². The number of amides is 1. The number of rotatable bonds is 8. The van der Waals surface area contributed by atoms with Crippen LogP contribution >= 0.6 is 11.8 Å². The second-order valence-corrected chi connectivity index (χ2v) is 11.0. The van der Waals surface area contributed by atoms with Crippen LogP contribution in [-0.4, -0.2) is 60.8 Å². The van der Waals surface area contributed by atoms with E-state index in [4.69, 9.17) is 19.6 Å². The van der Waals surface area contributed by atoms with E-state index in [1.807, 2.05) is 38.1 Å². The van der Waals surface area contributed by atoms with Crippen molar-refractivity contribution >= 4 is 49.0 Å². The molecule has 0 aliphatic carbocycles. The van der Waals surface area contributed by atoms with Gasteiger partial charge in [-0.15, -0.1) is 5.10 Å². The molecule has 0 unspecified atom stereocenters. The molecule has 0 spiro atoms. The van der Waals surface area contributed by atoms with E-state index in [1.165, 1.54) is 6.08 Å². The molecule has 188 valence electrons. The molecule has 2 aromatic rings. The Morgan fingerprint density at radius 1 is 1.06 bits per heavy atom. The first-order valence-corrected chi connectivity index (χ1v) is 13.7. The van der Waals surface area contributed by atoms with Crippen molar-refractivity contribution in [2.24, 2.45) is 10.1 Å². The van der Waals surface area contributed by atoms with Crippen molar-refractivity contribution in [2.45, 2.75) is 13.8 Å². The highest BCUT2D eigenvalue weighted by Gasteiger charge is 2.38. The third-order valence-electron chi connectivity index (χ3n) is 4.96. The van der Waals surface area contributed by atoms with E-state index in [1.54, 1.807) is 18.2 Å². The minimum atomic E-state index is -3.60. The van der Waals surface area contributed by atoms with Gasteiger partial charge in [-0.25, -0.2) is 8.42 Å². The lowest BCUT2D eigenvalue weighted by atomic mass is 10.1. The van der Waals surface area contributed by atoms with Crippen LogP contribution in [0.5, 0.6) is 17.2 Å². The van der Waals surface area contributed by atoms with Crippen molar-refractivity contribution in [1.29, 1.82) is 5.41 Å². The van der Waals surface area contributed by atoms with Crippen LogP contribution in [-0.2, 0) is 14.6 Å². The fraction of sp³-hybridized carbons (Fsp3) is 0.250. The minimum Gasteiger partial charge on any atom is -0.490 e. The van der Waals surface area contributed by atoms with E-state index in [0.717, 1.165) is 34.3 Å². The number of sulfone groups is 1. The topological polar surface area (TPSA) is 131 Å². The Bertz CT molecular complexity index is 1400. The van der Waals surface area contributed by atoms with Gasteiger partial charge in [-0.1, -0.05) is 23.8 Å². The predicted octanol–water partition coefficient (Wildman–Crippen LogP) is 3.47. The summed E-state index contributed by atoms with van der Waals surface area (Å²) in [6.45, 7) is 4.88. The molecule has 10 nitrogen and oxygen atoms in total. The van der Waals surface area contributed by atoms with Crippen molar-refractivity contribution in [3.8, 4) is 17.2 Å². The molecule has 2 heterocycles. The Kier molecular flexibility index (Phi) is 7.45.